The topological polar surface area (TPSA) is 17.1 Å². The van der Waals surface area contributed by atoms with Crippen LogP contribution in [0.1, 0.15) is 31.1 Å². The van der Waals surface area contributed by atoms with Crippen molar-refractivity contribution in [1.82, 2.24) is 0 Å². The molecule has 0 aromatic carbocycles. The third-order valence-electron chi connectivity index (χ3n) is 2.87. The Morgan fingerprint density at radius 2 is 2.33 bits per heavy atom. The molecule has 64 valence electrons. The van der Waals surface area contributed by atoms with Crippen LogP contribution in [-0.2, 0) is 4.79 Å². The Morgan fingerprint density at radius 1 is 1.58 bits per heavy atom. The van der Waals surface area contributed by atoms with Gasteiger partial charge in [-0.15, -0.1) is 11.3 Å². The number of rotatable bonds is 1. The molecule has 0 N–H and O–H groups in total. The Kier molecular flexibility index (Phi) is 1.62. The van der Waals surface area contributed by atoms with E-state index in [1.54, 1.807) is 11.3 Å². The average Bonchev–Trinajstić information content (AvgIpc) is 2.51. The lowest BCUT2D eigenvalue weighted by molar-refractivity contribution is -0.137. The van der Waals surface area contributed by atoms with E-state index in [1.165, 1.54) is 4.88 Å². The van der Waals surface area contributed by atoms with E-state index in [1.807, 2.05) is 13.8 Å². The maximum atomic E-state index is 11.3. The van der Waals surface area contributed by atoms with Gasteiger partial charge >= 0.3 is 0 Å². The van der Waals surface area contributed by atoms with E-state index in [9.17, 15) is 4.79 Å². The first kappa shape index (κ1) is 7.99. The van der Waals surface area contributed by atoms with Crippen LogP contribution in [0.25, 0.3) is 0 Å². The Balaban J connectivity index is 2.25. The molecule has 1 fully saturated rings. The molecule has 0 saturated heterocycles. The van der Waals surface area contributed by atoms with E-state index >= 15 is 0 Å². The van der Waals surface area contributed by atoms with Gasteiger partial charge in [0.1, 0.15) is 5.78 Å². The van der Waals surface area contributed by atoms with Gasteiger partial charge in [0.2, 0.25) is 0 Å². The summed E-state index contributed by atoms with van der Waals surface area (Å²) in [6.45, 7) is 4.09. The zero-order chi connectivity index (χ0) is 8.77. The van der Waals surface area contributed by atoms with Crippen LogP contribution >= 0.6 is 11.3 Å². The van der Waals surface area contributed by atoms with E-state index in [0.717, 1.165) is 6.42 Å². The summed E-state index contributed by atoms with van der Waals surface area (Å²) in [6.07, 6.45) is 0.744. The molecule has 1 unspecified atom stereocenters. The molecule has 1 aromatic heterocycles. The van der Waals surface area contributed by atoms with Crippen molar-refractivity contribution in [2.45, 2.75) is 26.2 Å². The first-order valence-electron chi connectivity index (χ1n) is 4.19. The van der Waals surface area contributed by atoms with Crippen molar-refractivity contribution in [3.8, 4) is 0 Å². The molecule has 1 saturated carbocycles. The summed E-state index contributed by atoms with van der Waals surface area (Å²) in [5, 5.41) is 2.08. The number of carbonyl (C=O) groups is 1. The van der Waals surface area contributed by atoms with E-state index in [0.29, 0.717) is 11.7 Å². The molecule has 1 aliphatic carbocycles. The molecule has 1 aromatic rings. The predicted molar refractivity (Wildman–Crippen MR) is 50.5 cm³/mol. The van der Waals surface area contributed by atoms with Gasteiger partial charge in [0.05, 0.1) is 0 Å². The van der Waals surface area contributed by atoms with Gasteiger partial charge in [0, 0.05) is 22.6 Å². The second-order valence-corrected chi connectivity index (χ2v) is 4.90. The van der Waals surface area contributed by atoms with E-state index in [2.05, 4.69) is 17.5 Å². The molecule has 12 heavy (non-hydrogen) atoms. The molecule has 1 aliphatic rings. The van der Waals surface area contributed by atoms with Crippen LogP contribution in [0, 0.1) is 5.41 Å². The van der Waals surface area contributed by atoms with Crippen LogP contribution in [-0.4, -0.2) is 5.78 Å². The number of ketones is 1. The fourth-order valence-electron chi connectivity index (χ4n) is 1.71. The molecule has 1 nitrogen and oxygen atoms in total. The number of hydrogen-bond donors (Lipinski definition) is 0. The van der Waals surface area contributed by atoms with Crippen molar-refractivity contribution in [1.29, 1.82) is 0 Å². The Hall–Kier alpha value is -0.630. The highest BCUT2D eigenvalue weighted by atomic mass is 32.1. The quantitative estimate of drug-likeness (QED) is 0.649. The van der Waals surface area contributed by atoms with Crippen LogP contribution in [0.4, 0.5) is 0 Å². The molecule has 0 amide bonds. The highest BCUT2D eigenvalue weighted by Crippen LogP contribution is 2.50. The van der Waals surface area contributed by atoms with Gasteiger partial charge in [0.15, 0.2) is 0 Å². The maximum Gasteiger partial charge on any atom is 0.139 e. The smallest absolute Gasteiger partial charge is 0.139 e. The number of thiophene rings is 1. The van der Waals surface area contributed by atoms with Gasteiger partial charge in [-0.05, 0) is 11.4 Å². The van der Waals surface area contributed by atoms with Crippen molar-refractivity contribution in [3.63, 3.8) is 0 Å². The molecule has 0 spiro atoms. The van der Waals surface area contributed by atoms with Crippen molar-refractivity contribution < 1.29 is 4.79 Å². The monoisotopic (exact) mass is 180 g/mol. The number of carbonyl (C=O) groups excluding carboxylic acids is 1. The Morgan fingerprint density at radius 3 is 2.75 bits per heavy atom. The molecule has 0 bridgehead atoms. The van der Waals surface area contributed by atoms with E-state index < -0.39 is 0 Å². The van der Waals surface area contributed by atoms with Crippen LogP contribution in [0.5, 0.6) is 0 Å². The molecule has 2 rings (SSSR count). The van der Waals surface area contributed by atoms with E-state index in [-0.39, 0.29) is 5.41 Å². The zero-order valence-corrected chi connectivity index (χ0v) is 8.15. The van der Waals surface area contributed by atoms with Gasteiger partial charge < -0.3 is 0 Å². The highest BCUT2D eigenvalue weighted by molar-refractivity contribution is 7.10. The fraction of sp³-hybridized carbons (Fsp3) is 0.500. The predicted octanol–water partition coefficient (Wildman–Crippen LogP) is 2.83. The Bertz CT molecular complexity index is 298. The van der Waals surface area contributed by atoms with Crippen LogP contribution in [0.3, 0.4) is 0 Å². The van der Waals surface area contributed by atoms with Gasteiger partial charge in [0.25, 0.3) is 0 Å². The highest BCUT2D eigenvalue weighted by Gasteiger charge is 2.48. The lowest BCUT2D eigenvalue weighted by Crippen LogP contribution is -2.43. The molecular formula is C10H12OS. The lowest BCUT2D eigenvalue weighted by Gasteiger charge is -2.41. The summed E-state index contributed by atoms with van der Waals surface area (Å²) in [5.74, 6) is 0.880. The summed E-state index contributed by atoms with van der Waals surface area (Å²) in [7, 11) is 0. The zero-order valence-electron chi connectivity index (χ0n) is 7.33. The fourth-order valence-corrected chi connectivity index (χ4v) is 2.73. The lowest BCUT2D eigenvalue weighted by atomic mass is 9.61. The van der Waals surface area contributed by atoms with Crippen molar-refractivity contribution in [3.05, 3.63) is 22.4 Å². The molecule has 1 atom stereocenters. The van der Waals surface area contributed by atoms with Crippen LogP contribution in [0.2, 0.25) is 0 Å². The summed E-state index contributed by atoms with van der Waals surface area (Å²) in [5.41, 5.74) is -0.106. The first-order valence-corrected chi connectivity index (χ1v) is 5.07. The first-order chi connectivity index (χ1) is 5.62. The molecular weight excluding hydrogens is 168 g/mol. The second-order valence-electron chi connectivity index (χ2n) is 3.92. The van der Waals surface area contributed by atoms with Crippen molar-refractivity contribution >= 4 is 17.1 Å². The summed E-state index contributed by atoms with van der Waals surface area (Å²) in [4.78, 5) is 12.6. The Labute approximate surface area is 76.4 Å². The average molecular weight is 180 g/mol. The summed E-state index contributed by atoms with van der Waals surface area (Å²) < 4.78 is 0. The normalized spacial score (nSPS) is 26.8. The molecule has 0 radical (unpaired) electrons. The summed E-state index contributed by atoms with van der Waals surface area (Å²) >= 11 is 1.76. The van der Waals surface area contributed by atoms with Crippen molar-refractivity contribution in [2.24, 2.45) is 5.41 Å². The third kappa shape index (κ3) is 0.944. The SMILES string of the molecule is CC1(C)C(=O)CC1c1cccs1. The van der Waals surface area contributed by atoms with Gasteiger partial charge in [-0.2, -0.15) is 0 Å². The molecule has 1 heterocycles. The largest absolute Gasteiger partial charge is 0.299 e. The van der Waals surface area contributed by atoms with Crippen molar-refractivity contribution in [2.75, 3.05) is 0 Å². The standard InChI is InChI=1S/C10H12OS/c1-10(2)7(6-9(10)11)8-4-3-5-12-8/h3-5,7H,6H2,1-2H3. The van der Waals surface area contributed by atoms with Gasteiger partial charge in [-0.1, -0.05) is 19.9 Å². The van der Waals surface area contributed by atoms with Crippen LogP contribution in [0.15, 0.2) is 17.5 Å². The van der Waals surface area contributed by atoms with Gasteiger partial charge in [-0.25, -0.2) is 0 Å². The molecule has 0 aliphatic heterocycles. The number of hydrogen-bond acceptors (Lipinski definition) is 2. The second kappa shape index (κ2) is 2.43. The maximum absolute atomic E-state index is 11.3. The molecule has 2 heteroatoms. The number of Topliss-reactive ketones (excluding diaryl/α,β-unsaturated/α-hetero) is 1. The minimum atomic E-state index is -0.106. The minimum Gasteiger partial charge on any atom is -0.299 e. The van der Waals surface area contributed by atoms with Gasteiger partial charge in [-0.3, -0.25) is 4.79 Å². The van der Waals surface area contributed by atoms with Crippen LogP contribution < -0.4 is 0 Å². The third-order valence-corrected chi connectivity index (χ3v) is 3.85. The summed E-state index contributed by atoms with van der Waals surface area (Å²) in [6, 6.07) is 4.18. The minimum absolute atomic E-state index is 0.106. The van der Waals surface area contributed by atoms with E-state index in [4.69, 9.17) is 0 Å².